The molecule has 76 valence electrons. The lowest BCUT2D eigenvalue weighted by Gasteiger charge is -2.08. The molecule has 0 fully saturated rings. The molecule has 0 heterocycles. The summed E-state index contributed by atoms with van der Waals surface area (Å²) in [5, 5.41) is 0. The van der Waals surface area contributed by atoms with Crippen LogP contribution in [0.25, 0.3) is 0 Å². The van der Waals surface area contributed by atoms with Crippen molar-refractivity contribution in [1.29, 1.82) is 0 Å². The molecule has 0 saturated carbocycles. The summed E-state index contributed by atoms with van der Waals surface area (Å²) in [5.74, 6) is -0.301. The maximum absolute atomic E-state index is 11.0. The third-order valence-corrected chi connectivity index (χ3v) is 1.78. The molecular formula is C10H20N2O. The molecule has 3 nitrogen and oxygen atoms in total. The van der Waals surface area contributed by atoms with Crippen molar-refractivity contribution in [2.75, 3.05) is 14.1 Å². The summed E-state index contributed by atoms with van der Waals surface area (Å²) in [4.78, 5) is 12.8. The molecule has 0 radical (unpaired) electrons. The van der Waals surface area contributed by atoms with Crippen LogP contribution in [-0.4, -0.2) is 24.9 Å². The second kappa shape index (κ2) is 6.52. The highest BCUT2D eigenvalue weighted by Crippen LogP contribution is 2.08. The van der Waals surface area contributed by atoms with Crippen LogP contribution in [0.2, 0.25) is 0 Å². The van der Waals surface area contributed by atoms with Gasteiger partial charge in [-0.1, -0.05) is 19.8 Å². The van der Waals surface area contributed by atoms with E-state index in [1.54, 1.807) is 6.20 Å². The van der Waals surface area contributed by atoms with E-state index in [1.165, 1.54) is 0 Å². The summed E-state index contributed by atoms with van der Waals surface area (Å²) in [6.45, 7) is 2.14. The molecule has 0 unspecified atom stereocenters. The Morgan fingerprint density at radius 1 is 1.38 bits per heavy atom. The average Bonchev–Trinajstić information content (AvgIpc) is 2.02. The zero-order chi connectivity index (χ0) is 10.3. The van der Waals surface area contributed by atoms with E-state index in [9.17, 15) is 4.79 Å². The minimum atomic E-state index is -0.301. The van der Waals surface area contributed by atoms with E-state index in [0.29, 0.717) is 0 Å². The van der Waals surface area contributed by atoms with Gasteiger partial charge in [-0.15, -0.1) is 0 Å². The van der Waals surface area contributed by atoms with Crippen LogP contribution in [0, 0.1) is 0 Å². The summed E-state index contributed by atoms with van der Waals surface area (Å²) in [6, 6.07) is 0. The number of carbonyl (C=O) groups excluding carboxylic acids is 1. The Morgan fingerprint density at radius 3 is 2.38 bits per heavy atom. The van der Waals surface area contributed by atoms with Crippen molar-refractivity contribution >= 4 is 5.91 Å². The van der Waals surface area contributed by atoms with Gasteiger partial charge in [0.25, 0.3) is 0 Å². The Balaban J connectivity index is 4.03. The number of hydrogen-bond acceptors (Lipinski definition) is 2. The second-order valence-electron chi connectivity index (χ2n) is 3.44. The van der Waals surface area contributed by atoms with Crippen LogP contribution in [0.4, 0.5) is 0 Å². The van der Waals surface area contributed by atoms with Crippen molar-refractivity contribution in [1.82, 2.24) is 4.90 Å². The molecule has 0 aromatic rings. The van der Waals surface area contributed by atoms with E-state index in [0.717, 1.165) is 31.3 Å². The van der Waals surface area contributed by atoms with Gasteiger partial charge in [-0.2, -0.15) is 0 Å². The van der Waals surface area contributed by atoms with Gasteiger partial charge in [0, 0.05) is 25.9 Å². The summed E-state index contributed by atoms with van der Waals surface area (Å²) in [7, 11) is 3.78. The molecule has 2 N–H and O–H groups in total. The number of nitrogens with two attached hydrogens (primary N) is 1. The van der Waals surface area contributed by atoms with E-state index < -0.39 is 0 Å². The van der Waals surface area contributed by atoms with E-state index in [4.69, 9.17) is 5.73 Å². The van der Waals surface area contributed by atoms with Gasteiger partial charge in [-0.3, -0.25) is 4.79 Å². The maximum atomic E-state index is 11.0. The van der Waals surface area contributed by atoms with E-state index in [1.807, 2.05) is 19.0 Å². The molecule has 0 bridgehead atoms. The summed E-state index contributed by atoms with van der Waals surface area (Å²) in [5.41, 5.74) is 5.95. The normalized spacial score (nSPS) is 11.5. The Morgan fingerprint density at radius 2 is 2.00 bits per heavy atom. The van der Waals surface area contributed by atoms with Gasteiger partial charge in [0.15, 0.2) is 0 Å². The number of amides is 1. The van der Waals surface area contributed by atoms with Crippen LogP contribution in [0.3, 0.4) is 0 Å². The SMILES string of the molecule is CCCCC/C(=C\N(C)C)C(N)=O. The van der Waals surface area contributed by atoms with E-state index in [2.05, 4.69) is 6.92 Å². The topological polar surface area (TPSA) is 46.3 Å². The first-order valence-electron chi connectivity index (χ1n) is 4.74. The predicted octanol–water partition coefficient (Wildman–Crippen LogP) is 1.50. The molecule has 13 heavy (non-hydrogen) atoms. The lowest BCUT2D eigenvalue weighted by Crippen LogP contribution is -2.17. The van der Waals surface area contributed by atoms with Crippen molar-refractivity contribution in [2.45, 2.75) is 32.6 Å². The van der Waals surface area contributed by atoms with Crippen LogP contribution in [0.15, 0.2) is 11.8 Å². The first-order valence-corrected chi connectivity index (χ1v) is 4.74. The predicted molar refractivity (Wildman–Crippen MR) is 55.1 cm³/mol. The fourth-order valence-electron chi connectivity index (χ4n) is 1.13. The van der Waals surface area contributed by atoms with Gasteiger partial charge in [0.2, 0.25) is 5.91 Å². The summed E-state index contributed by atoms with van der Waals surface area (Å²) < 4.78 is 0. The number of nitrogens with zero attached hydrogens (tertiary/aromatic N) is 1. The maximum Gasteiger partial charge on any atom is 0.246 e. The van der Waals surface area contributed by atoms with Gasteiger partial charge >= 0.3 is 0 Å². The first kappa shape index (κ1) is 12.0. The Labute approximate surface area is 80.6 Å². The molecule has 0 aromatic heterocycles. The number of hydrogen-bond donors (Lipinski definition) is 1. The van der Waals surface area contributed by atoms with Gasteiger partial charge in [-0.05, 0) is 12.8 Å². The molecule has 0 rings (SSSR count). The summed E-state index contributed by atoms with van der Waals surface area (Å²) in [6.07, 6.45) is 5.95. The molecule has 3 heteroatoms. The minimum Gasteiger partial charge on any atom is -0.383 e. The number of carbonyl (C=O) groups is 1. The van der Waals surface area contributed by atoms with Gasteiger partial charge in [0.05, 0.1) is 0 Å². The highest BCUT2D eigenvalue weighted by molar-refractivity contribution is 5.91. The van der Waals surface area contributed by atoms with Crippen molar-refractivity contribution < 1.29 is 4.79 Å². The molecule has 0 saturated heterocycles. The van der Waals surface area contributed by atoms with Crippen LogP contribution in [0.1, 0.15) is 32.6 Å². The summed E-state index contributed by atoms with van der Waals surface area (Å²) >= 11 is 0. The largest absolute Gasteiger partial charge is 0.383 e. The van der Waals surface area contributed by atoms with Crippen LogP contribution >= 0.6 is 0 Å². The first-order chi connectivity index (χ1) is 6.07. The molecular weight excluding hydrogens is 164 g/mol. The number of unbranched alkanes of at least 4 members (excludes halogenated alkanes) is 2. The number of rotatable bonds is 6. The lowest BCUT2D eigenvalue weighted by molar-refractivity contribution is -0.114. The molecule has 0 aliphatic carbocycles. The van der Waals surface area contributed by atoms with Crippen molar-refractivity contribution in [3.05, 3.63) is 11.8 Å². The molecule has 0 aromatic carbocycles. The average molecular weight is 184 g/mol. The van der Waals surface area contributed by atoms with Gasteiger partial charge in [0.1, 0.15) is 0 Å². The zero-order valence-electron chi connectivity index (χ0n) is 8.84. The third kappa shape index (κ3) is 6.20. The molecule has 0 spiro atoms. The van der Waals surface area contributed by atoms with Crippen LogP contribution < -0.4 is 5.73 Å². The highest BCUT2D eigenvalue weighted by atomic mass is 16.1. The van der Waals surface area contributed by atoms with Crippen LogP contribution in [-0.2, 0) is 4.79 Å². The van der Waals surface area contributed by atoms with E-state index in [-0.39, 0.29) is 5.91 Å². The van der Waals surface area contributed by atoms with Crippen molar-refractivity contribution in [2.24, 2.45) is 5.73 Å². The van der Waals surface area contributed by atoms with E-state index >= 15 is 0 Å². The minimum absolute atomic E-state index is 0.301. The Kier molecular flexibility index (Phi) is 6.02. The fourth-order valence-corrected chi connectivity index (χ4v) is 1.13. The fraction of sp³-hybridized carbons (Fsp3) is 0.700. The number of primary amides is 1. The smallest absolute Gasteiger partial charge is 0.246 e. The molecule has 0 aliphatic heterocycles. The van der Waals surface area contributed by atoms with Crippen molar-refractivity contribution in [3.8, 4) is 0 Å². The van der Waals surface area contributed by atoms with Gasteiger partial charge < -0.3 is 10.6 Å². The molecule has 1 amide bonds. The zero-order valence-corrected chi connectivity index (χ0v) is 8.84. The Bertz CT molecular complexity index is 185. The molecule has 0 aliphatic rings. The van der Waals surface area contributed by atoms with Gasteiger partial charge in [-0.25, -0.2) is 0 Å². The monoisotopic (exact) mass is 184 g/mol. The highest BCUT2D eigenvalue weighted by Gasteiger charge is 2.04. The second-order valence-corrected chi connectivity index (χ2v) is 3.44. The van der Waals surface area contributed by atoms with Crippen LogP contribution in [0.5, 0.6) is 0 Å². The quantitative estimate of drug-likeness (QED) is 0.502. The third-order valence-electron chi connectivity index (χ3n) is 1.78. The Hall–Kier alpha value is -0.990. The molecule has 0 atom stereocenters. The standard InChI is InChI=1S/C10H20N2O/c1-4-5-6-7-9(10(11)13)8-12(2)3/h8H,4-7H2,1-3H3,(H2,11,13)/b9-8+. The lowest BCUT2D eigenvalue weighted by atomic mass is 10.1. The van der Waals surface area contributed by atoms with Crippen molar-refractivity contribution in [3.63, 3.8) is 0 Å².